The second-order valence-electron chi connectivity index (χ2n) is 2.93. The topological polar surface area (TPSA) is 38.4 Å². The first-order valence-corrected chi connectivity index (χ1v) is 3.99. The van der Waals surface area contributed by atoms with Crippen LogP contribution in [-0.2, 0) is 27.0 Å². The molecule has 2 N–H and O–H groups in total. The van der Waals surface area contributed by atoms with Gasteiger partial charge in [-0.15, -0.1) is 0 Å². The first kappa shape index (κ1) is 17.7. The van der Waals surface area contributed by atoms with Gasteiger partial charge in [0, 0.05) is 0 Å². The minimum Gasteiger partial charge on any atom is -0.813 e. The summed E-state index contributed by atoms with van der Waals surface area (Å²) in [6, 6.07) is 0. The fourth-order valence-electron chi connectivity index (χ4n) is 0.685. The second-order valence-corrected chi connectivity index (χ2v) is 5.76. The number of hydrogen-bond donors (Lipinski definition) is 1. The normalized spacial score (nSPS) is 11.5. The summed E-state index contributed by atoms with van der Waals surface area (Å²) in [4.78, 5) is 0. The molecule has 0 amide bonds. The van der Waals surface area contributed by atoms with Gasteiger partial charge in [0.05, 0.1) is 0 Å². The number of nitrogens with zero attached hydrogens (tertiary/aromatic N) is 1. The maximum atomic E-state index is 5.07. The minimum atomic E-state index is 0. The molecule has 0 fully saturated rings. The zero-order valence-corrected chi connectivity index (χ0v) is 11.0. The van der Waals surface area contributed by atoms with Crippen LogP contribution in [0.5, 0.6) is 0 Å². The molecule has 0 aromatic heterocycles. The number of nitrogens with two attached hydrogens (primary N) is 1. The van der Waals surface area contributed by atoms with Gasteiger partial charge in [-0.05, 0) is 0 Å². The van der Waals surface area contributed by atoms with Crippen LogP contribution in [-0.4, -0.2) is 22.2 Å². The molecule has 0 aromatic carbocycles. The number of thiol groups is 2. The van der Waals surface area contributed by atoms with E-state index in [-0.39, 0.29) is 27.0 Å². The summed E-state index contributed by atoms with van der Waals surface area (Å²) in [6.07, 6.45) is 0.976. The van der Waals surface area contributed by atoms with Crippen molar-refractivity contribution < 1.29 is 0 Å². The summed E-state index contributed by atoms with van der Waals surface area (Å²) in [5, 5.41) is 3.59. The van der Waals surface area contributed by atoms with E-state index in [1.54, 1.807) is 0 Å². The number of rotatable bonds is 2. The molecule has 11 heavy (non-hydrogen) atoms. The van der Waals surface area contributed by atoms with Gasteiger partial charge in [0.2, 0.25) is 0 Å². The molecule has 0 aromatic rings. The Balaban J connectivity index is -0.000000320. The molecule has 0 aliphatic carbocycles. The van der Waals surface area contributed by atoms with Crippen molar-refractivity contribution in [3.05, 3.63) is 0 Å². The van der Waals surface area contributed by atoms with Crippen molar-refractivity contribution in [2.75, 3.05) is 0 Å². The Morgan fingerprint density at radius 1 is 1.45 bits per heavy atom. The Labute approximate surface area is 91.5 Å². The van der Waals surface area contributed by atoms with E-state index in [1.807, 2.05) is 6.92 Å². The molecule has 67 valence electrons. The van der Waals surface area contributed by atoms with Crippen LogP contribution in [0.2, 0.25) is 4.25 Å². The molecular formula is C6H15GeN2S2-2. The molecule has 5 heteroatoms. The van der Waals surface area contributed by atoms with Crippen LogP contribution in [0, 0.1) is 0 Å². The van der Waals surface area contributed by atoms with Gasteiger partial charge in [0.15, 0.2) is 0 Å². The molecule has 0 heterocycles. The third kappa shape index (κ3) is 13.7. The SMILES string of the molecule is C/C(C[C](C)(C)[Ge])=N\N.[SH-].[SH-]. The van der Waals surface area contributed by atoms with Crippen LogP contribution in [0.3, 0.4) is 0 Å². The maximum Gasteiger partial charge on any atom is -0.813 e. The smallest absolute Gasteiger partial charge is 0.813 e. The summed E-state index contributed by atoms with van der Waals surface area (Å²) in [7, 11) is 0. The van der Waals surface area contributed by atoms with Crippen molar-refractivity contribution in [3.63, 3.8) is 0 Å². The van der Waals surface area contributed by atoms with Crippen LogP contribution in [0.15, 0.2) is 5.10 Å². The first-order valence-electron chi connectivity index (χ1n) is 2.94. The van der Waals surface area contributed by atoms with Crippen LogP contribution >= 0.6 is 0 Å². The Morgan fingerprint density at radius 2 is 1.82 bits per heavy atom. The quantitative estimate of drug-likeness (QED) is 0.195. The summed E-state index contributed by atoms with van der Waals surface area (Å²) >= 11 is 2.17. The van der Waals surface area contributed by atoms with Gasteiger partial charge >= 0.3 is 64.6 Å². The van der Waals surface area contributed by atoms with Gasteiger partial charge in [-0.25, -0.2) is 0 Å². The zero-order chi connectivity index (χ0) is 7.49. The second kappa shape index (κ2) is 7.37. The zero-order valence-electron chi connectivity index (χ0n) is 7.13. The minimum absolute atomic E-state index is 0. The Bertz CT molecular complexity index is 120. The van der Waals surface area contributed by atoms with Crippen LogP contribution in [0.4, 0.5) is 0 Å². The fraction of sp³-hybridized carbons (Fsp3) is 0.833. The van der Waals surface area contributed by atoms with Gasteiger partial charge in [-0.3, -0.25) is 0 Å². The Kier molecular flexibility index (Phi) is 11.9. The van der Waals surface area contributed by atoms with E-state index < -0.39 is 0 Å². The molecule has 0 aliphatic rings. The van der Waals surface area contributed by atoms with E-state index >= 15 is 0 Å². The maximum absolute atomic E-state index is 5.07. The molecule has 0 saturated heterocycles. The molecular weight excluding hydrogens is 237 g/mol. The van der Waals surface area contributed by atoms with Crippen molar-refractivity contribution in [2.24, 2.45) is 10.9 Å². The van der Waals surface area contributed by atoms with Crippen molar-refractivity contribution >= 4 is 49.2 Å². The van der Waals surface area contributed by atoms with E-state index in [4.69, 9.17) is 5.84 Å². The van der Waals surface area contributed by atoms with E-state index in [0.29, 0.717) is 4.25 Å². The van der Waals surface area contributed by atoms with Gasteiger partial charge in [0.1, 0.15) is 0 Å². The van der Waals surface area contributed by atoms with Gasteiger partial charge in [-0.2, -0.15) is 0 Å². The molecule has 0 aliphatic heterocycles. The van der Waals surface area contributed by atoms with Gasteiger partial charge < -0.3 is 27.0 Å². The average molecular weight is 252 g/mol. The van der Waals surface area contributed by atoms with Gasteiger partial charge in [0.25, 0.3) is 0 Å². The summed E-state index contributed by atoms with van der Waals surface area (Å²) in [5.41, 5.74) is 1.02. The third-order valence-corrected chi connectivity index (χ3v) is 1.29. The number of hydrazone groups is 1. The standard InChI is InChI=1S/C6H13GeN2.2H2S/c1-5(9-8)4-6(2,3)7;;/h4,8H2,1-3H3;2*1H2/p-2/b9-5+;;. The predicted octanol–water partition coefficient (Wildman–Crippen LogP) is 0.538. The first-order chi connectivity index (χ1) is 3.95. The molecule has 0 atom stereocenters. The molecule has 0 rings (SSSR count). The molecule has 3 radical (unpaired) electrons. The molecule has 0 unspecified atom stereocenters. The van der Waals surface area contributed by atoms with E-state index in [0.717, 1.165) is 12.1 Å². The molecule has 2 nitrogen and oxygen atoms in total. The molecule has 0 bridgehead atoms. The van der Waals surface area contributed by atoms with E-state index in [9.17, 15) is 0 Å². The largest absolute Gasteiger partial charge is 0.813 e. The predicted molar refractivity (Wildman–Crippen MR) is 59.2 cm³/mol. The van der Waals surface area contributed by atoms with Crippen LogP contribution < -0.4 is 5.84 Å². The Morgan fingerprint density at radius 3 is 1.91 bits per heavy atom. The van der Waals surface area contributed by atoms with Crippen molar-refractivity contribution in [1.82, 2.24) is 0 Å². The van der Waals surface area contributed by atoms with E-state index in [1.165, 1.54) is 0 Å². The summed E-state index contributed by atoms with van der Waals surface area (Å²) in [6.45, 7) is 6.29. The van der Waals surface area contributed by atoms with Crippen LogP contribution in [0.25, 0.3) is 0 Å². The summed E-state index contributed by atoms with van der Waals surface area (Å²) in [5.74, 6) is 5.07. The molecule has 0 saturated carbocycles. The molecule has 0 spiro atoms. The third-order valence-electron chi connectivity index (χ3n) is 0.918. The van der Waals surface area contributed by atoms with Crippen molar-refractivity contribution in [2.45, 2.75) is 31.4 Å². The monoisotopic (exact) mass is 253 g/mol. The fourth-order valence-corrected chi connectivity index (χ4v) is 1.22. The number of hydrogen-bond acceptors (Lipinski definition) is 4. The van der Waals surface area contributed by atoms with Gasteiger partial charge in [-0.1, -0.05) is 0 Å². The van der Waals surface area contributed by atoms with E-state index in [2.05, 4.69) is 35.5 Å². The van der Waals surface area contributed by atoms with Crippen molar-refractivity contribution in [1.29, 1.82) is 0 Å². The van der Waals surface area contributed by atoms with Crippen molar-refractivity contribution in [3.8, 4) is 0 Å². The van der Waals surface area contributed by atoms with Crippen LogP contribution in [0.1, 0.15) is 27.2 Å². The average Bonchev–Trinajstić information content (AvgIpc) is 1.62. The summed E-state index contributed by atoms with van der Waals surface area (Å²) < 4.78 is 0.312. The Hall–Kier alpha value is 0.713.